The molecule has 0 amide bonds. The molecule has 0 saturated heterocycles. The van der Waals surface area contributed by atoms with Gasteiger partial charge in [-0.1, -0.05) is 24.3 Å². The van der Waals surface area contributed by atoms with Gasteiger partial charge in [0.05, 0.1) is 40.2 Å². The number of carbonyl (C=O) groups excluding carboxylic acids is 2. The number of para-hydroxylation sites is 4. The average Bonchev–Trinajstić information content (AvgIpc) is 3.58. The van der Waals surface area contributed by atoms with Crippen LogP contribution in [0.15, 0.2) is 64.4 Å². The first-order valence-corrected chi connectivity index (χ1v) is 14.3. The van der Waals surface area contributed by atoms with Crippen molar-refractivity contribution >= 4 is 58.4 Å². The molecule has 0 fully saturated rings. The van der Waals surface area contributed by atoms with Crippen LogP contribution in [0.1, 0.15) is 38.8 Å². The van der Waals surface area contributed by atoms with E-state index in [2.05, 4.69) is 0 Å². The van der Waals surface area contributed by atoms with Gasteiger partial charge in [0.1, 0.15) is 11.1 Å². The number of aryl methyl sites for hydroxylation is 2. The Labute approximate surface area is 235 Å². The highest BCUT2D eigenvalue weighted by atomic mass is 32.2. The molecule has 0 radical (unpaired) electrons. The van der Waals surface area contributed by atoms with E-state index in [0.717, 1.165) is 33.8 Å². The Bertz CT molecular complexity index is 1590. The first-order valence-electron chi connectivity index (χ1n) is 13.0. The minimum Gasteiger partial charge on any atom is -0.486 e. The number of ether oxygens (including phenoxy) is 3. The fourth-order valence-electron chi connectivity index (χ4n) is 4.90. The topological polar surface area (TPSA) is 97.5 Å². The smallest absolute Gasteiger partial charge is 0.376 e. The minimum atomic E-state index is -1.95. The maximum absolute atomic E-state index is 13.9. The standard InChI is InChI=1S/C28H30N4O5S2/c1-5-31-19-15-11-9-13-17(19)29-24(31)22(38)28(26(34)36-8-4)23(21(35-7-3)25(33)37-28)39-27-30-18-14-10-12-16-20(18)32(27)6-2/h9-16,22,38H,5-8H2,1-4H3. The highest BCUT2D eigenvalue weighted by molar-refractivity contribution is 8.03. The Morgan fingerprint density at radius 1 is 0.974 bits per heavy atom. The van der Waals surface area contributed by atoms with Gasteiger partial charge in [-0.15, -0.1) is 0 Å². The number of benzene rings is 2. The Kier molecular flexibility index (Phi) is 7.64. The lowest BCUT2D eigenvalue weighted by Gasteiger charge is -2.32. The number of esters is 2. The van der Waals surface area contributed by atoms with Gasteiger partial charge in [-0.25, -0.2) is 19.6 Å². The molecule has 11 heteroatoms. The molecule has 2 unspecified atom stereocenters. The quantitative estimate of drug-likeness (QED) is 0.204. The van der Waals surface area contributed by atoms with Gasteiger partial charge in [-0.3, -0.25) is 0 Å². The highest BCUT2D eigenvalue weighted by Crippen LogP contribution is 2.53. The van der Waals surface area contributed by atoms with E-state index in [1.165, 1.54) is 0 Å². The second-order valence-corrected chi connectivity index (χ2v) is 10.3. The molecule has 2 aromatic carbocycles. The number of thioether (sulfide) groups is 1. The van der Waals surface area contributed by atoms with Crippen LogP contribution in [0.2, 0.25) is 0 Å². The molecular weight excluding hydrogens is 536 g/mol. The molecule has 0 N–H and O–H groups in total. The van der Waals surface area contributed by atoms with Gasteiger partial charge in [-0.2, -0.15) is 12.6 Å². The Morgan fingerprint density at radius 2 is 1.59 bits per heavy atom. The van der Waals surface area contributed by atoms with E-state index in [1.54, 1.807) is 13.8 Å². The second-order valence-electron chi connectivity index (χ2n) is 8.77. The minimum absolute atomic E-state index is 0.0523. The summed E-state index contributed by atoms with van der Waals surface area (Å²) in [5.74, 6) is -1.08. The van der Waals surface area contributed by atoms with Crippen molar-refractivity contribution in [2.24, 2.45) is 0 Å². The number of hydrogen-bond donors (Lipinski definition) is 1. The molecule has 204 valence electrons. The SMILES string of the molecule is CCOC(=O)C1(C(S)c2nc3ccccc3n2CC)OC(=O)C(OCC)=C1Sc1nc2ccccc2n1CC. The third kappa shape index (κ3) is 4.37. The van der Waals surface area contributed by atoms with Crippen molar-refractivity contribution in [1.82, 2.24) is 19.1 Å². The average molecular weight is 567 g/mol. The second kappa shape index (κ2) is 11.0. The first-order chi connectivity index (χ1) is 18.9. The number of cyclic esters (lactones) is 1. The van der Waals surface area contributed by atoms with E-state index in [4.69, 9.17) is 36.8 Å². The van der Waals surface area contributed by atoms with E-state index in [9.17, 15) is 9.59 Å². The molecule has 1 aliphatic heterocycles. The van der Waals surface area contributed by atoms with E-state index in [0.29, 0.717) is 24.1 Å². The molecule has 5 rings (SSSR count). The maximum Gasteiger partial charge on any atom is 0.376 e. The summed E-state index contributed by atoms with van der Waals surface area (Å²) in [5.41, 5.74) is 1.41. The van der Waals surface area contributed by atoms with Crippen LogP contribution in [-0.4, -0.2) is 49.9 Å². The third-order valence-corrected chi connectivity index (χ3v) is 8.39. The maximum atomic E-state index is 13.9. The van der Waals surface area contributed by atoms with Gasteiger partial charge in [0.15, 0.2) is 5.16 Å². The molecule has 0 aliphatic carbocycles. The number of hydrogen-bond acceptors (Lipinski definition) is 9. The molecule has 3 heterocycles. The van der Waals surface area contributed by atoms with Crippen LogP contribution in [0.25, 0.3) is 22.1 Å². The summed E-state index contributed by atoms with van der Waals surface area (Å²) in [6.07, 6.45) is 0. The Hall–Kier alpha value is -3.44. The number of fused-ring (bicyclic) bond motifs is 2. The van der Waals surface area contributed by atoms with Crippen molar-refractivity contribution in [2.75, 3.05) is 13.2 Å². The summed E-state index contributed by atoms with van der Waals surface area (Å²) in [6.45, 7) is 8.93. The largest absolute Gasteiger partial charge is 0.486 e. The zero-order chi connectivity index (χ0) is 27.7. The normalized spacial score (nSPS) is 18.1. The third-order valence-electron chi connectivity index (χ3n) is 6.61. The highest BCUT2D eigenvalue weighted by Gasteiger charge is 2.62. The van der Waals surface area contributed by atoms with Gasteiger partial charge in [0.25, 0.3) is 5.60 Å². The molecule has 1 aliphatic rings. The fraction of sp³-hybridized carbons (Fsp3) is 0.357. The summed E-state index contributed by atoms with van der Waals surface area (Å²) in [5, 5.41) is -0.421. The Balaban J connectivity index is 1.74. The summed E-state index contributed by atoms with van der Waals surface area (Å²) in [6, 6.07) is 15.4. The fourth-order valence-corrected chi connectivity index (χ4v) is 6.77. The van der Waals surface area contributed by atoms with Crippen molar-refractivity contribution in [1.29, 1.82) is 0 Å². The van der Waals surface area contributed by atoms with Crippen LogP contribution in [0.3, 0.4) is 0 Å². The number of carbonyl (C=O) groups is 2. The number of aromatic nitrogens is 4. The van der Waals surface area contributed by atoms with Gasteiger partial charge in [0, 0.05) is 13.1 Å². The van der Waals surface area contributed by atoms with Crippen LogP contribution in [0.4, 0.5) is 0 Å². The van der Waals surface area contributed by atoms with Crippen molar-refractivity contribution in [3.8, 4) is 0 Å². The lowest BCUT2D eigenvalue weighted by Crippen LogP contribution is -2.46. The Morgan fingerprint density at radius 3 is 2.21 bits per heavy atom. The van der Waals surface area contributed by atoms with Crippen molar-refractivity contribution in [3.63, 3.8) is 0 Å². The summed E-state index contributed by atoms with van der Waals surface area (Å²) in [4.78, 5) is 37.1. The predicted molar refractivity (Wildman–Crippen MR) is 153 cm³/mol. The molecule has 2 aromatic heterocycles. The summed E-state index contributed by atoms with van der Waals surface area (Å²) < 4.78 is 21.3. The van der Waals surface area contributed by atoms with Crippen molar-refractivity contribution < 1.29 is 23.8 Å². The molecule has 2 atom stereocenters. The van der Waals surface area contributed by atoms with E-state index >= 15 is 0 Å². The molecule has 4 aromatic rings. The first kappa shape index (κ1) is 27.1. The van der Waals surface area contributed by atoms with E-state index in [1.807, 2.05) is 71.5 Å². The predicted octanol–water partition coefficient (Wildman–Crippen LogP) is 5.30. The molecule has 0 spiro atoms. The van der Waals surface area contributed by atoms with Crippen LogP contribution in [-0.2, 0) is 36.9 Å². The number of imidazole rings is 2. The number of nitrogens with zero attached hydrogens (tertiary/aromatic N) is 4. The summed E-state index contributed by atoms with van der Waals surface area (Å²) >= 11 is 6.11. The van der Waals surface area contributed by atoms with E-state index in [-0.39, 0.29) is 23.9 Å². The van der Waals surface area contributed by atoms with Gasteiger partial charge in [0.2, 0.25) is 5.76 Å². The lowest BCUT2D eigenvalue weighted by molar-refractivity contribution is -0.172. The molecule has 9 nitrogen and oxygen atoms in total. The van der Waals surface area contributed by atoms with Crippen LogP contribution in [0.5, 0.6) is 0 Å². The zero-order valence-electron chi connectivity index (χ0n) is 22.2. The van der Waals surface area contributed by atoms with E-state index < -0.39 is 22.8 Å². The van der Waals surface area contributed by atoms with Gasteiger partial charge >= 0.3 is 11.9 Å². The molecule has 0 bridgehead atoms. The van der Waals surface area contributed by atoms with Crippen molar-refractivity contribution in [2.45, 2.75) is 56.8 Å². The molecule has 0 saturated carbocycles. The van der Waals surface area contributed by atoms with Crippen LogP contribution in [0, 0.1) is 0 Å². The van der Waals surface area contributed by atoms with Crippen LogP contribution >= 0.6 is 24.4 Å². The zero-order valence-corrected chi connectivity index (χ0v) is 23.9. The van der Waals surface area contributed by atoms with Gasteiger partial charge < -0.3 is 23.3 Å². The molecular formula is C28H30N4O5S2. The van der Waals surface area contributed by atoms with Gasteiger partial charge in [-0.05, 0) is 63.7 Å². The molecule has 39 heavy (non-hydrogen) atoms. The van der Waals surface area contributed by atoms with Crippen LogP contribution < -0.4 is 0 Å². The van der Waals surface area contributed by atoms with Crippen molar-refractivity contribution in [3.05, 3.63) is 65.0 Å². The summed E-state index contributed by atoms with van der Waals surface area (Å²) in [7, 11) is 0. The number of rotatable bonds is 10. The monoisotopic (exact) mass is 566 g/mol. The lowest BCUT2D eigenvalue weighted by atomic mass is 9.97. The number of thiol groups is 1.